The van der Waals surface area contributed by atoms with E-state index in [4.69, 9.17) is 18.9 Å². The highest BCUT2D eigenvalue weighted by Crippen LogP contribution is 2.28. The minimum absolute atomic E-state index is 0.628. The van der Waals surface area contributed by atoms with Gasteiger partial charge in [0, 0.05) is 33.9 Å². The molecule has 0 aliphatic heterocycles. The van der Waals surface area contributed by atoms with Crippen molar-refractivity contribution in [2.45, 2.75) is 32.6 Å². The van der Waals surface area contributed by atoms with Gasteiger partial charge in [0.15, 0.2) is 17.5 Å². The smallest absolute Gasteiger partial charge is 0.190 e. The van der Waals surface area contributed by atoms with Crippen LogP contribution in [-0.2, 0) is 15.9 Å². The average molecular weight is 396 g/mol. The number of aliphatic imine (C=N–C) groups is 1. The average Bonchev–Trinajstić information content (AvgIpc) is 2.72. The Morgan fingerprint density at radius 2 is 1.75 bits per heavy atom. The van der Waals surface area contributed by atoms with Crippen molar-refractivity contribution >= 4 is 5.96 Å². The van der Waals surface area contributed by atoms with Crippen molar-refractivity contribution < 1.29 is 18.9 Å². The van der Waals surface area contributed by atoms with Gasteiger partial charge in [-0.2, -0.15) is 0 Å². The summed E-state index contributed by atoms with van der Waals surface area (Å²) in [6.07, 6.45) is 4.03. The van der Waals surface area contributed by atoms with Gasteiger partial charge in [-0.05, 0) is 50.3 Å². The first-order valence-electron chi connectivity index (χ1n) is 10.1. The Balaban J connectivity index is 2.19. The summed E-state index contributed by atoms with van der Waals surface area (Å²) >= 11 is 0. The summed E-state index contributed by atoms with van der Waals surface area (Å²) < 4.78 is 21.4. The lowest BCUT2D eigenvalue weighted by molar-refractivity contribution is 0.0689. The van der Waals surface area contributed by atoms with Crippen molar-refractivity contribution in [2.75, 3.05) is 60.8 Å². The number of benzene rings is 1. The SMILES string of the molecule is CCOc1cc(CCCNC(=NC)NCCCCOCCOC)ccc1OC. The summed E-state index contributed by atoms with van der Waals surface area (Å²) in [7, 11) is 5.14. The largest absolute Gasteiger partial charge is 0.493 e. The number of rotatable bonds is 15. The van der Waals surface area contributed by atoms with Crippen molar-refractivity contribution in [3.05, 3.63) is 23.8 Å². The highest BCUT2D eigenvalue weighted by Gasteiger charge is 2.05. The Morgan fingerprint density at radius 3 is 2.43 bits per heavy atom. The predicted molar refractivity (Wildman–Crippen MR) is 114 cm³/mol. The first-order valence-corrected chi connectivity index (χ1v) is 10.1. The molecule has 28 heavy (non-hydrogen) atoms. The first-order chi connectivity index (χ1) is 13.7. The Labute approximate surface area is 169 Å². The molecule has 0 unspecified atom stereocenters. The third kappa shape index (κ3) is 10.4. The van der Waals surface area contributed by atoms with Crippen LogP contribution < -0.4 is 20.1 Å². The van der Waals surface area contributed by atoms with E-state index in [0.29, 0.717) is 19.8 Å². The molecule has 0 bridgehead atoms. The number of unbranched alkanes of at least 4 members (excludes halogenated alkanes) is 1. The van der Waals surface area contributed by atoms with Crippen LogP contribution >= 0.6 is 0 Å². The maximum Gasteiger partial charge on any atom is 0.190 e. The summed E-state index contributed by atoms with van der Waals surface area (Å²) in [6.45, 7) is 6.42. The monoisotopic (exact) mass is 395 g/mol. The lowest BCUT2D eigenvalue weighted by Crippen LogP contribution is -2.38. The van der Waals surface area contributed by atoms with Gasteiger partial charge in [0.25, 0.3) is 0 Å². The van der Waals surface area contributed by atoms with Crippen LogP contribution in [0.5, 0.6) is 11.5 Å². The van der Waals surface area contributed by atoms with Gasteiger partial charge in [0.05, 0.1) is 26.9 Å². The summed E-state index contributed by atoms with van der Waals surface area (Å²) in [6, 6.07) is 6.11. The zero-order valence-corrected chi connectivity index (χ0v) is 17.9. The van der Waals surface area contributed by atoms with Gasteiger partial charge in [-0.1, -0.05) is 6.07 Å². The maximum atomic E-state index is 5.64. The number of hydrogen-bond acceptors (Lipinski definition) is 5. The molecule has 2 N–H and O–H groups in total. The van der Waals surface area contributed by atoms with Crippen molar-refractivity contribution in [2.24, 2.45) is 4.99 Å². The van der Waals surface area contributed by atoms with E-state index in [1.807, 2.05) is 13.0 Å². The lowest BCUT2D eigenvalue weighted by atomic mass is 10.1. The first kappa shape index (κ1) is 24.0. The van der Waals surface area contributed by atoms with E-state index in [-0.39, 0.29) is 0 Å². The van der Waals surface area contributed by atoms with Gasteiger partial charge in [-0.3, -0.25) is 4.99 Å². The quantitative estimate of drug-likeness (QED) is 0.270. The number of methoxy groups -OCH3 is 2. The second-order valence-corrected chi connectivity index (χ2v) is 6.26. The molecule has 0 saturated carbocycles. The number of hydrogen-bond donors (Lipinski definition) is 2. The van der Waals surface area contributed by atoms with Crippen LogP contribution in [0.3, 0.4) is 0 Å². The molecule has 0 aromatic heterocycles. The molecular formula is C21H37N3O4. The van der Waals surface area contributed by atoms with Crippen molar-refractivity contribution in [1.29, 1.82) is 0 Å². The highest BCUT2D eigenvalue weighted by molar-refractivity contribution is 5.79. The van der Waals surface area contributed by atoms with Crippen LogP contribution in [-0.4, -0.2) is 66.7 Å². The van der Waals surface area contributed by atoms with E-state index < -0.39 is 0 Å². The predicted octanol–water partition coefficient (Wildman–Crippen LogP) is 2.63. The number of guanidine groups is 1. The normalized spacial score (nSPS) is 11.4. The summed E-state index contributed by atoms with van der Waals surface area (Å²) in [5.74, 6) is 2.42. The molecule has 0 amide bonds. The molecule has 7 nitrogen and oxygen atoms in total. The van der Waals surface area contributed by atoms with Crippen LogP contribution in [0.1, 0.15) is 31.7 Å². The van der Waals surface area contributed by atoms with Crippen molar-refractivity contribution in [3.8, 4) is 11.5 Å². The Morgan fingerprint density at radius 1 is 0.964 bits per heavy atom. The fraction of sp³-hybridized carbons (Fsp3) is 0.667. The fourth-order valence-electron chi connectivity index (χ4n) is 2.65. The van der Waals surface area contributed by atoms with Crippen LogP contribution in [0.4, 0.5) is 0 Å². The summed E-state index contributed by atoms with van der Waals surface area (Å²) in [4.78, 5) is 4.26. The van der Waals surface area contributed by atoms with Gasteiger partial charge in [0.1, 0.15) is 0 Å². The Hall–Kier alpha value is -1.99. The molecule has 7 heteroatoms. The van der Waals surface area contributed by atoms with Crippen LogP contribution in [0.2, 0.25) is 0 Å². The fourth-order valence-corrected chi connectivity index (χ4v) is 2.65. The van der Waals surface area contributed by atoms with Gasteiger partial charge in [-0.25, -0.2) is 0 Å². The minimum atomic E-state index is 0.628. The topological polar surface area (TPSA) is 73.3 Å². The van der Waals surface area contributed by atoms with Crippen LogP contribution in [0, 0.1) is 0 Å². The Bertz CT molecular complexity index is 552. The van der Waals surface area contributed by atoms with E-state index in [9.17, 15) is 0 Å². The van der Waals surface area contributed by atoms with Crippen LogP contribution in [0.15, 0.2) is 23.2 Å². The molecule has 0 radical (unpaired) electrons. The highest BCUT2D eigenvalue weighted by atomic mass is 16.5. The van der Waals surface area contributed by atoms with Gasteiger partial charge >= 0.3 is 0 Å². The van der Waals surface area contributed by atoms with Gasteiger partial charge < -0.3 is 29.6 Å². The van der Waals surface area contributed by atoms with E-state index >= 15 is 0 Å². The zero-order valence-electron chi connectivity index (χ0n) is 17.9. The maximum absolute atomic E-state index is 5.64. The summed E-state index contributed by atoms with van der Waals surface area (Å²) in [5.41, 5.74) is 1.24. The van der Waals surface area contributed by atoms with Crippen molar-refractivity contribution in [1.82, 2.24) is 10.6 Å². The molecule has 1 aromatic rings. The molecule has 0 fully saturated rings. The molecule has 0 saturated heterocycles. The number of nitrogens with zero attached hydrogens (tertiary/aromatic N) is 1. The Kier molecular flexibility index (Phi) is 13.7. The van der Waals surface area contributed by atoms with Crippen molar-refractivity contribution in [3.63, 3.8) is 0 Å². The molecule has 0 atom stereocenters. The molecule has 0 heterocycles. The third-order valence-electron chi connectivity index (χ3n) is 4.13. The third-order valence-corrected chi connectivity index (χ3v) is 4.13. The zero-order chi connectivity index (χ0) is 20.5. The molecule has 1 rings (SSSR count). The summed E-state index contributed by atoms with van der Waals surface area (Å²) in [5, 5.41) is 6.69. The second-order valence-electron chi connectivity index (χ2n) is 6.26. The lowest BCUT2D eigenvalue weighted by Gasteiger charge is -2.13. The van der Waals surface area contributed by atoms with E-state index in [2.05, 4.69) is 27.8 Å². The standard InChI is InChI=1S/C21H37N3O4/c1-5-28-20-17-18(10-11-19(20)26-4)9-8-13-24-21(22-2)23-12-6-7-14-27-16-15-25-3/h10-11,17H,5-9,12-16H2,1-4H3,(H2,22,23,24). The second kappa shape index (κ2) is 16.0. The number of ether oxygens (including phenoxy) is 4. The van der Waals surface area contributed by atoms with Gasteiger partial charge in [-0.15, -0.1) is 0 Å². The van der Waals surface area contributed by atoms with E-state index in [1.54, 1.807) is 21.3 Å². The minimum Gasteiger partial charge on any atom is -0.493 e. The van der Waals surface area contributed by atoms with Crippen LogP contribution in [0.25, 0.3) is 0 Å². The van der Waals surface area contributed by atoms with E-state index in [1.165, 1.54) is 5.56 Å². The van der Waals surface area contributed by atoms with Gasteiger partial charge in [0.2, 0.25) is 0 Å². The molecule has 1 aromatic carbocycles. The molecular weight excluding hydrogens is 358 g/mol. The molecule has 160 valence electrons. The number of nitrogens with one attached hydrogen (secondary N) is 2. The molecule has 0 aliphatic carbocycles. The molecule has 0 aliphatic rings. The number of aryl methyl sites for hydroxylation is 1. The molecule has 0 spiro atoms. The van der Waals surface area contributed by atoms with E-state index in [0.717, 1.165) is 62.8 Å².